The molecule has 0 aliphatic rings. The van der Waals surface area contributed by atoms with Gasteiger partial charge in [-0.2, -0.15) is 0 Å². The van der Waals surface area contributed by atoms with Crippen molar-refractivity contribution in [1.29, 1.82) is 0 Å². The molecule has 0 fully saturated rings. The molecule has 0 bridgehead atoms. The van der Waals surface area contributed by atoms with Gasteiger partial charge in [-0.3, -0.25) is 0 Å². The fourth-order valence-electron chi connectivity index (χ4n) is 8.36. The number of aromatic nitrogens is 4. The highest BCUT2D eigenvalue weighted by molar-refractivity contribution is 6.12. The van der Waals surface area contributed by atoms with Gasteiger partial charge in [0.2, 0.25) is 0 Å². The Morgan fingerprint density at radius 2 is 0.804 bits per heavy atom. The van der Waals surface area contributed by atoms with Crippen molar-refractivity contribution >= 4 is 43.6 Å². The summed E-state index contributed by atoms with van der Waals surface area (Å²) >= 11 is 0. The quantitative estimate of drug-likeness (QED) is 0.172. The second kappa shape index (κ2) is 13.1. The molecule has 0 amide bonds. The summed E-state index contributed by atoms with van der Waals surface area (Å²) < 4.78 is 4.76. The van der Waals surface area contributed by atoms with Crippen LogP contribution >= 0.6 is 0 Å². The average molecular weight is 715 g/mol. The van der Waals surface area contributed by atoms with Gasteiger partial charge in [0.05, 0.1) is 39.1 Å². The molecule has 0 unspecified atom stereocenters. The standard InChI is InChI=1S/C52H34N4/c1-4-16-35(17-5-1)45-34-46(36-18-6-2-7-19-36)54-52(53-45)43-24-12-15-27-49(43)56-48-26-14-11-23-41(48)44-32-37(29-31-50(44)56)38-28-30-42-40-22-10-13-25-47(40)55(51(42)33-38)39-20-8-3-9-21-39/h1-34H. The molecule has 8 aromatic carbocycles. The van der Waals surface area contributed by atoms with E-state index < -0.39 is 0 Å². The second-order valence-corrected chi connectivity index (χ2v) is 14.2. The minimum atomic E-state index is 0.686. The molecule has 11 aromatic rings. The summed E-state index contributed by atoms with van der Waals surface area (Å²) in [6.07, 6.45) is 0. The van der Waals surface area contributed by atoms with E-state index in [0.717, 1.165) is 50.5 Å². The lowest BCUT2D eigenvalue weighted by molar-refractivity contribution is 1.14. The van der Waals surface area contributed by atoms with E-state index in [-0.39, 0.29) is 0 Å². The molecule has 0 aliphatic heterocycles. The van der Waals surface area contributed by atoms with Gasteiger partial charge in [0.15, 0.2) is 5.82 Å². The SMILES string of the molecule is c1ccc(-c2cc(-c3ccccc3)nc(-c3ccccc3-n3c4ccccc4c4cc(-c5ccc6c7ccccc7n(-c7ccccc7)c6c5)ccc43)n2)cc1. The fraction of sp³-hybridized carbons (Fsp3) is 0. The summed E-state index contributed by atoms with van der Waals surface area (Å²) in [5.74, 6) is 0.686. The molecule has 3 aromatic heterocycles. The first kappa shape index (κ1) is 31.9. The van der Waals surface area contributed by atoms with Gasteiger partial charge in [-0.1, -0.05) is 146 Å². The monoisotopic (exact) mass is 714 g/mol. The van der Waals surface area contributed by atoms with Crippen molar-refractivity contribution in [3.8, 4) is 56.4 Å². The first-order valence-corrected chi connectivity index (χ1v) is 19.0. The lowest BCUT2D eigenvalue weighted by Gasteiger charge is -2.15. The zero-order valence-corrected chi connectivity index (χ0v) is 30.4. The lowest BCUT2D eigenvalue weighted by Crippen LogP contribution is -2.01. The van der Waals surface area contributed by atoms with Crippen LogP contribution in [0.3, 0.4) is 0 Å². The topological polar surface area (TPSA) is 35.6 Å². The number of fused-ring (bicyclic) bond motifs is 6. The average Bonchev–Trinajstić information content (AvgIpc) is 3.79. The number of rotatable bonds is 6. The van der Waals surface area contributed by atoms with Crippen LogP contribution in [0, 0.1) is 0 Å². The van der Waals surface area contributed by atoms with E-state index in [4.69, 9.17) is 9.97 Å². The molecule has 0 N–H and O–H groups in total. The Morgan fingerprint density at radius 1 is 0.304 bits per heavy atom. The zero-order valence-electron chi connectivity index (χ0n) is 30.4. The van der Waals surface area contributed by atoms with Crippen LogP contribution in [-0.2, 0) is 0 Å². The molecular weight excluding hydrogens is 681 g/mol. The van der Waals surface area contributed by atoms with Crippen LogP contribution in [0.15, 0.2) is 206 Å². The summed E-state index contributed by atoms with van der Waals surface area (Å²) in [5, 5.41) is 4.89. The molecule has 4 heteroatoms. The lowest BCUT2D eigenvalue weighted by atomic mass is 10.0. The predicted molar refractivity (Wildman–Crippen MR) is 232 cm³/mol. The van der Waals surface area contributed by atoms with Crippen molar-refractivity contribution in [3.05, 3.63) is 206 Å². The minimum Gasteiger partial charge on any atom is -0.309 e. The van der Waals surface area contributed by atoms with Gasteiger partial charge in [0.25, 0.3) is 0 Å². The Bertz CT molecular complexity index is 3170. The first-order valence-electron chi connectivity index (χ1n) is 19.0. The Morgan fingerprint density at radius 3 is 1.50 bits per heavy atom. The molecule has 0 radical (unpaired) electrons. The third kappa shape index (κ3) is 5.23. The molecule has 0 aliphatic carbocycles. The minimum absolute atomic E-state index is 0.686. The van der Waals surface area contributed by atoms with Crippen LogP contribution in [0.1, 0.15) is 0 Å². The number of nitrogens with zero attached hydrogens (tertiary/aromatic N) is 4. The fourth-order valence-corrected chi connectivity index (χ4v) is 8.36. The molecule has 3 heterocycles. The van der Waals surface area contributed by atoms with E-state index in [2.05, 4.69) is 203 Å². The Kier molecular flexibility index (Phi) is 7.46. The van der Waals surface area contributed by atoms with Gasteiger partial charge in [0.1, 0.15) is 0 Å². The van der Waals surface area contributed by atoms with Gasteiger partial charge < -0.3 is 9.13 Å². The van der Waals surface area contributed by atoms with Crippen LogP contribution < -0.4 is 0 Å². The number of benzene rings is 8. The van der Waals surface area contributed by atoms with Gasteiger partial charge in [-0.05, 0) is 71.8 Å². The predicted octanol–water partition coefficient (Wildman–Crippen LogP) is 13.3. The van der Waals surface area contributed by atoms with Gasteiger partial charge in [0, 0.05) is 43.9 Å². The molecule has 0 spiro atoms. The first-order chi connectivity index (χ1) is 27.8. The van der Waals surface area contributed by atoms with Crippen LogP contribution in [0.25, 0.3) is 100 Å². The Hall–Kier alpha value is -7.56. The van der Waals surface area contributed by atoms with Crippen LogP contribution in [0.5, 0.6) is 0 Å². The van der Waals surface area contributed by atoms with E-state index in [0.29, 0.717) is 5.82 Å². The number of para-hydroxylation sites is 4. The molecular formula is C52H34N4. The highest BCUT2D eigenvalue weighted by Gasteiger charge is 2.20. The molecule has 0 atom stereocenters. The normalized spacial score (nSPS) is 11.6. The smallest absolute Gasteiger partial charge is 0.162 e. The maximum atomic E-state index is 5.23. The largest absolute Gasteiger partial charge is 0.309 e. The zero-order chi connectivity index (χ0) is 37.0. The molecule has 262 valence electrons. The summed E-state index contributed by atoms with van der Waals surface area (Å²) in [7, 11) is 0. The van der Waals surface area contributed by atoms with Gasteiger partial charge >= 0.3 is 0 Å². The maximum Gasteiger partial charge on any atom is 0.162 e. The van der Waals surface area contributed by atoms with E-state index >= 15 is 0 Å². The molecule has 56 heavy (non-hydrogen) atoms. The maximum absolute atomic E-state index is 5.23. The summed E-state index contributed by atoms with van der Waals surface area (Å²) in [4.78, 5) is 10.5. The van der Waals surface area contributed by atoms with Crippen molar-refractivity contribution in [2.45, 2.75) is 0 Å². The third-order valence-electron chi connectivity index (χ3n) is 10.9. The van der Waals surface area contributed by atoms with Crippen LogP contribution in [0.2, 0.25) is 0 Å². The van der Waals surface area contributed by atoms with E-state index in [1.54, 1.807) is 0 Å². The molecule has 0 saturated heterocycles. The summed E-state index contributed by atoms with van der Waals surface area (Å²) in [5.41, 5.74) is 14.0. The molecule has 11 rings (SSSR count). The number of hydrogen-bond acceptors (Lipinski definition) is 2. The van der Waals surface area contributed by atoms with E-state index in [9.17, 15) is 0 Å². The van der Waals surface area contributed by atoms with Crippen molar-refractivity contribution in [2.75, 3.05) is 0 Å². The van der Waals surface area contributed by atoms with Crippen molar-refractivity contribution in [2.24, 2.45) is 0 Å². The Balaban J connectivity index is 1.10. The summed E-state index contributed by atoms with van der Waals surface area (Å²) in [6.45, 7) is 0. The highest BCUT2D eigenvalue weighted by Crippen LogP contribution is 2.40. The van der Waals surface area contributed by atoms with Crippen molar-refractivity contribution in [1.82, 2.24) is 19.1 Å². The third-order valence-corrected chi connectivity index (χ3v) is 10.9. The van der Waals surface area contributed by atoms with Crippen molar-refractivity contribution < 1.29 is 0 Å². The van der Waals surface area contributed by atoms with E-state index in [1.165, 1.54) is 43.7 Å². The highest BCUT2D eigenvalue weighted by atomic mass is 15.0. The van der Waals surface area contributed by atoms with Crippen LogP contribution in [0.4, 0.5) is 0 Å². The van der Waals surface area contributed by atoms with Gasteiger partial charge in [-0.15, -0.1) is 0 Å². The Labute approximate surface area is 324 Å². The van der Waals surface area contributed by atoms with Crippen molar-refractivity contribution in [3.63, 3.8) is 0 Å². The molecule has 0 saturated carbocycles. The second-order valence-electron chi connectivity index (χ2n) is 14.2. The molecule has 4 nitrogen and oxygen atoms in total. The number of hydrogen-bond donors (Lipinski definition) is 0. The van der Waals surface area contributed by atoms with Crippen LogP contribution in [-0.4, -0.2) is 19.1 Å². The summed E-state index contributed by atoms with van der Waals surface area (Å²) in [6, 6.07) is 73.2. The van der Waals surface area contributed by atoms with Gasteiger partial charge in [-0.25, -0.2) is 9.97 Å². The van der Waals surface area contributed by atoms with E-state index in [1.807, 2.05) is 12.1 Å².